The molecule has 3 nitrogen and oxygen atoms in total. The monoisotopic (exact) mass is 247 g/mol. The Balaban J connectivity index is 1.97. The van der Waals surface area contributed by atoms with Crippen LogP contribution in [0.4, 0.5) is 0 Å². The third-order valence-electron chi connectivity index (χ3n) is 3.84. The van der Waals surface area contributed by atoms with Crippen molar-refractivity contribution in [2.45, 2.75) is 45.1 Å². The number of rotatable bonds is 3. The van der Waals surface area contributed by atoms with Crippen LogP contribution in [0.1, 0.15) is 49.4 Å². The molecule has 1 aromatic rings. The second kappa shape index (κ2) is 5.89. The first-order valence-corrected chi connectivity index (χ1v) is 6.79. The molecule has 0 saturated heterocycles. The fraction of sp³-hybridized carbons (Fsp3) is 0.533. The van der Waals surface area contributed by atoms with E-state index in [-0.39, 0.29) is 17.7 Å². The Labute approximate surface area is 108 Å². The highest BCUT2D eigenvalue weighted by molar-refractivity contribution is 5.96. The first-order chi connectivity index (χ1) is 8.70. The molecule has 98 valence electrons. The van der Waals surface area contributed by atoms with Gasteiger partial charge in [-0.1, -0.05) is 38.3 Å². The van der Waals surface area contributed by atoms with E-state index in [4.69, 9.17) is 0 Å². The van der Waals surface area contributed by atoms with Crippen molar-refractivity contribution < 1.29 is 9.90 Å². The fourth-order valence-corrected chi connectivity index (χ4v) is 2.72. The number of carbonyl (C=O) groups excluding carboxylic acids is 1. The molecule has 2 rings (SSSR count). The van der Waals surface area contributed by atoms with E-state index in [0.29, 0.717) is 5.56 Å². The molecule has 0 aliphatic heterocycles. The number of benzene rings is 1. The predicted octanol–water partition coefficient (Wildman–Crippen LogP) is 3.09. The minimum absolute atomic E-state index is 0.0536. The molecule has 1 aromatic carbocycles. The maximum Gasteiger partial charge on any atom is 0.255 e. The highest BCUT2D eigenvalue weighted by Gasteiger charge is 2.23. The van der Waals surface area contributed by atoms with Gasteiger partial charge in [0.1, 0.15) is 5.75 Å². The van der Waals surface area contributed by atoms with Crippen molar-refractivity contribution in [1.82, 2.24) is 5.32 Å². The minimum atomic E-state index is -0.158. The van der Waals surface area contributed by atoms with Gasteiger partial charge < -0.3 is 10.4 Å². The zero-order valence-electron chi connectivity index (χ0n) is 10.9. The number of phenols is 1. The highest BCUT2D eigenvalue weighted by Crippen LogP contribution is 2.27. The average molecular weight is 247 g/mol. The van der Waals surface area contributed by atoms with Crippen molar-refractivity contribution in [3.05, 3.63) is 29.8 Å². The zero-order valence-corrected chi connectivity index (χ0v) is 10.9. The van der Waals surface area contributed by atoms with E-state index >= 15 is 0 Å². The maximum absolute atomic E-state index is 12.1. The Morgan fingerprint density at radius 3 is 2.89 bits per heavy atom. The number of hydrogen-bond acceptors (Lipinski definition) is 2. The van der Waals surface area contributed by atoms with Crippen LogP contribution in [0, 0.1) is 5.92 Å². The van der Waals surface area contributed by atoms with Gasteiger partial charge in [-0.2, -0.15) is 0 Å². The Kier molecular flexibility index (Phi) is 4.24. The van der Waals surface area contributed by atoms with Gasteiger partial charge in [-0.15, -0.1) is 0 Å². The van der Waals surface area contributed by atoms with Gasteiger partial charge in [0.2, 0.25) is 0 Å². The van der Waals surface area contributed by atoms with E-state index in [2.05, 4.69) is 12.2 Å². The summed E-state index contributed by atoms with van der Waals surface area (Å²) >= 11 is 0. The summed E-state index contributed by atoms with van der Waals surface area (Å²) in [6.45, 7) is 2.21. The third-order valence-corrected chi connectivity index (χ3v) is 3.84. The molecule has 2 N–H and O–H groups in total. The van der Waals surface area contributed by atoms with Crippen LogP contribution in [0.15, 0.2) is 24.3 Å². The first kappa shape index (κ1) is 12.9. The van der Waals surface area contributed by atoms with Gasteiger partial charge >= 0.3 is 0 Å². The molecular formula is C15H21NO2. The summed E-state index contributed by atoms with van der Waals surface area (Å²) in [5, 5.41) is 12.7. The third kappa shape index (κ3) is 3.03. The highest BCUT2D eigenvalue weighted by atomic mass is 16.3. The van der Waals surface area contributed by atoms with Gasteiger partial charge in [0.05, 0.1) is 5.56 Å². The molecule has 0 spiro atoms. The van der Waals surface area contributed by atoms with Crippen LogP contribution < -0.4 is 5.32 Å². The maximum atomic E-state index is 12.1. The van der Waals surface area contributed by atoms with E-state index in [1.807, 2.05) is 0 Å². The van der Waals surface area contributed by atoms with Gasteiger partial charge in [-0.25, -0.2) is 0 Å². The summed E-state index contributed by atoms with van der Waals surface area (Å²) in [6.07, 6.45) is 5.76. The molecule has 3 heteroatoms. The smallest absolute Gasteiger partial charge is 0.255 e. The topological polar surface area (TPSA) is 49.3 Å². The molecule has 1 aliphatic rings. The lowest BCUT2D eigenvalue weighted by atomic mass is 9.84. The van der Waals surface area contributed by atoms with Crippen LogP contribution in [0.25, 0.3) is 0 Å². The molecule has 1 aliphatic carbocycles. The lowest BCUT2D eigenvalue weighted by Gasteiger charge is -2.29. The van der Waals surface area contributed by atoms with Gasteiger partial charge in [0.15, 0.2) is 0 Å². The summed E-state index contributed by atoms with van der Waals surface area (Å²) in [6, 6.07) is 6.95. The van der Waals surface area contributed by atoms with E-state index in [9.17, 15) is 9.90 Å². The van der Waals surface area contributed by atoms with Crippen LogP contribution in [0.2, 0.25) is 0 Å². The summed E-state index contributed by atoms with van der Waals surface area (Å²) < 4.78 is 0. The number of phenolic OH excluding ortho intramolecular Hbond substituents is 1. The van der Waals surface area contributed by atoms with Crippen LogP contribution in [-0.4, -0.2) is 17.1 Å². The summed E-state index contributed by atoms with van der Waals surface area (Å²) in [5.41, 5.74) is 0.371. The summed E-state index contributed by atoms with van der Waals surface area (Å²) in [4.78, 5) is 12.1. The molecule has 0 radical (unpaired) electrons. The lowest BCUT2D eigenvalue weighted by molar-refractivity contribution is 0.0916. The Morgan fingerprint density at radius 2 is 2.17 bits per heavy atom. The van der Waals surface area contributed by atoms with Crippen LogP contribution in [0.5, 0.6) is 5.75 Å². The van der Waals surface area contributed by atoms with Crippen molar-refractivity contribution in [2.75, 3.05) is 0 Å². The summed E-state index contributed by atoms with van der Waals surface area (Å²) in [5.74, 6) is 0.626. The van der Waals surface area contributed by atoms with Gasteiger partial charge in [-0.05, 0) is 30.9 Å². The number of nitrogens with one attached hydrogen (secondary N) is 1. The van der Waals surface area contributed by atoms with E-state index < -0.39 is 0 Å². The molecule has 0 bridgehead atoms. The van der Waals surface area contributed by atoms with Gasteiger partial charge in [0, 0.05) is 6.04 Å². The van der Waals surface area contributed by atoms with E-state index in [0.717, 1.165) is 18.8 Å². The molecular weight excluding hydrogens is 226 g/mol. The molecule has 1 saturated carbocycles. The molecule has 0 aromatic heterocycles. The number of aromatic hydroxyl groups is 1. The predicted molar refractivity (Wildman–Crippen MR) is 71.6 cm³/mol. The van der Waals surface area contributed by atoms with Crippen molar-refractivity contribution in [2.24, 2.45) is 5.92 Å². The van der Waals surface area contributed by atoms with Gasteiger partial charge in [0.25, 0.3) is 5.91 Å². The van der Waals surface area contributed by atoms with E-state index in [1.165, 1.54) is 19.3 Å². The van der Waals surface area contributed by atoms with Crippen molar-refractivity contribution in [1.29, 1.82) is 0 Å². The molecule has 0 heterocycles. The van der Waals surface area contributed by atoms with E-state index in [1.54, 1.807) is 24.3 Å². The zero-order chi connectivity index (χ0) is 13.0. The normalized spacial score (nSPS) is 23.6. The quantitative estimate of drug-likeness (QED) is 0.862. The molecule has 2 atom stereocenters. The Bertz CT molecular complexity index is 417. The standard InChI is InChI=1S/C15H21NO2/c1-2-11-6-5-7-12(10-11)16-15(18)13-8-3-4-9-14(13)17/h3-4,8-9,11-12,17H,2,5-7,10H2,1H3,(H,16,18). The largest absolute Gasteiger partial charge is 0.507 e. The first-order valence-electron chi connectivity index (χ1n) is 6.79. The average Bonchev–Trinajstić information content (AvgIpc) is 2.39. The molecule has 1 amide bonds. The Hall–Kier alpha value is -1.51. The lowest BCUT2D eigenvalue weighted by Crippen LogP contribution is -2.38. The molecule has 2 unspecified atom stereocenters. The van der Waals surface area contributed by atoms with Crippen molar-refractivity contribution in [3.8, 4) is 5.75 Å². The SMILES string of the molecule is CCC1CCCC(NC(=O)c2ccccc2O)C1. The van der Waals surface area contributed by atoms with Crippen molar-refractivity contribution in [3.63, 3.8) is 0 Å². The number of carbonyl (C=O) groups is 1. The number of hydrogen-bond donors (Lipinski definition) is 2. The van der Waals surface area contributed by atoms with Crippen LogP contribution >= 0.6 is 0 Å². The molecule has 18 heavy (non-hydrogen) atoms. The Morgan fingerprint density at radius 1 is 1.39 bits per heavy atom. The fourth-order valence-electron chi connectivity index (χ4n) is 2.72. The van der Waals surface area contributed by atoms with Crippen LogP contribution in [-0.2, 0) is 0 Å². The van der Waals surface area contributed by atoms with Gasteiger partial charge in [-0.3, -0.25) is 4.79 Å². The minimum Gasteiger partial charge on any atom is -0.507 e. The number of amides is 1. The number of para-hydroxylation sites is 1. The summed E-state index contributed by atoms with van der Waals surface area (Å²) in [7, 11) is 0. The second-order valence-corrected chi connectivity index (χ2v) is 5.13. The van der Waals surface area contributed by atoms with Crippen LogP contribution in [0.3, 0.4) is 0 Å². The van der Waals surface area contributed by atoms with Crippen molar-refractivity contribution >= 4 is 5.91 Å². The molecule has 1 fully saturated rings. The second-order valence-electron chi connectivity index (χ2n) is 5.13.